The quantitative estimate of drug-likeness (QED) is 0.872. The van der Waals surface area contributed by atoms with Crippen molar-refractivity contribution in [1.82, 2.24) is 0 Å². The zero-order chi connectivity index (χ0) is 12.7. The Morgan fingerprint density at radius 3 is 2.59 bits per heavy atom. The Bertz CT molecular complexity index is 442. The number of carboxylic acid groups (broad SMARTS) is 1. The van der Waals surface area contributed by atoms with E-state index in [0.29, 0.717) is 19.3 Å². The highest BCUT2D eigenvalue weighted by atomic mass is 19.1. The SMILES string of the molecule is CC(C)(F)Cc1cccc(C2(C(=O)O)CC2)c1. The molecule has 0 saturated heterocycles. The minimum atomic E-state index is -1.27. The third-order valence-corrected chi connectivity index (χ3v) is 3.26. The number of aliphatic carboxylic acids is 1. The van der Waals surface area contributed by atoms with Crippen molar-refractivity contribution in [3.8, 4) is 0 Å². The van der Waals surface area contributed by atoms with Crippen LogP contribution >= 0.6 is 0 Å². The first-order valence-electron chi connectivity index (χ1n) is 5.85. The van der Waals surface area contributed by atoms with Crippen LogP contribution in [0.15, 0.2) is 24.3 Å². The second-order valence-corrected chi connectivity index (χ2v) is 5.48. The van der Waals surface area contributed by atoms with Gasteiger partial charge in [-0.05, 0) is 37.8 Å². The van der Waals surface area contributed by atoms with E-state index in [9.17, 15) is 14.3 Å². The van der Waals surface area contributed by atoms with Gasteiger partial charge in [0.2, 0.25) is 0 Å². The fourth-order valence-corrected chi connectivity index (χ4v) is 2.22. The Morgan fingerprint density at radius 1 is 1.47 bits per heavy atom. The van der Waals surface area contributed by atoms with Crippen LogP contribution in [-0.4, -0.2) is 16.7 Å². The van der Waals surface area contributed by atoms with E-state index in [4.69, 9.17) is 0 Å². The summed E-state index contributed by atoms with van der Waals surface area (Å²) in [4.78, 5) is 11.2. The largest absolute Gasteiger partial charge is 0.481 e. The van der Waals surface area contributed by atoms with Crippen LogP contribution in [0.2, 0.25) is 0 Å². The van der Waals surface area contributed by atoms with Gasteiger partial charge in [-0.2, -0.15) is 0 Å². The Kier molecular flexibility index (Phi) is 2.72. The molecule has 92 valence electrons. The number of carboxylic acids is 1. The van der Waals surface area contributed by atoms with Crippen molar-refractivity contribution in [2.24, 2.45) is 0 Å². The summed E-state index contributed by atoms with van der Waals surface area (Å²) in [6, 6.07) is 7.33. The summed E-state index contributed by atoms with van der Waals surface area (Å²) in [5.74, 6) is -0.769. The van der Waals surface area contributed by atoms with Gasteiger partial charge in [0.15, 0.2) is 0 Å². The highest BCUT2D eigenvalue weighted by molar-refractivity contribution is 5.84. The lowest BCUT2D eigenvalue weighted by Crippen LogP contribution is -2.20. The molecule has 1 fully saturated rings. The first-order valence-corrected chi connectivity index (χ1v) is 5.85. The lowest BCUT2D eigenvalue weighted by molar-refractivity contribution is -0.140. The molecule has 0 spiro atoms. The van der Waals surface area contributed by atoms with E-state index >= 15 is 0 Å². The normalized spacial score (nSPS) is 17.8. The molecular formula is C14H17FO2. The summed E-state index contributed by atoms with van der Waals surface area (Å²) in [6.45, 7) is 3.06. The molecule has 0 bridgehead atoms. The standard InChI is InChI=1S/C14H17FO2/c1-13(2,15)9-10-4-3-5-11(8-10)14(6-7-14)12(16)17/h3-5,8H,6-7,9H2,1-2H3,(H,16,17). The van der Waals surface area contributed by atoms with Crippen molar-refractivity contribution in [3.63, 3.8) is 0 Å². The summed E-state index contributed by atoms with van der Waals surface area (Å²) < 4.78 is 13.6. The van der Waals surface area contributed by atoms with Crippen LogP contribution in [0.5, 0.6) is 0 Å². The van der Waals surface area contributed by atoms with E-state index in [-0.39, 0.29) is 0 Å². The molecule has 0 atom stereocenters. The van der Waals surface area contributed by atoms with Gasteiger partial charge < -0.3 is 5.11 Å². The molecule has 2 nitrogen and oxygen atoms in total. The van der Waals surface area contributed by atoms with Gasteiger partial charge in [0.25, 0.3) is 0 Å². The van der Waals surface area contributed by atoms with E-state index in [1.54, 1.807) is 0 Å². The molecule has 1 aliphatic rings. The van der Waals surface area contributed by atoms with E-state index in [1.807, 2.05) is 24.3 Å². The fourth-order valence-electron chi connectivity index (χ4n) is 2.22. The summed E-state index contributed by atoms with van der Waals surface area (Å²) in [5.41, 5.74) is -0.288. The number of halogens is 1. The lowest BCUT2D eigenvalue weighted by Gasteiger charge is -2.16. The number of benzene rings is 1. The first kappa shape index (κ1) is 12.1. The monoisotopic (exact) mass is 236 g/mol. The van der Waals surface area contributed by atoms with Gasteiger partial charge in [-0.1, -0.05) is 24.3 Å². The average Bonchev–Trinajstić information content (AvgIpc) is 2.95. The van der Waals surface area contributed by atoms with E-state index in [0.717, 1.165) is 11.1 Å². The maximum atomic E-state index is 13.6. The predicted molar refractivity (Wildman–Crippen MR) is 63.9 cm³/mol. The van der Waals surface area contributed by atoms with Crippen molar-refractivity contribution < 1.29 is 14.3 Å². The maximum absolute atomic E-state index is 13.6. The number of rotatable bonds is 4. The second-order valence-electron chi connectivity index (χ2n) is 5.48. The van der Waals surface area contributed by atoms with Crippen molar-refractivity contribution in [2.75, 3.05) is 0 Å². The molecule has 0 heterocycles. The number of hydrogen-bond donors (Lipinski definition) is 1. The maximum Gasteiger partial charge on any atom is 0.314 e. The van der Waals surface area contributed by atoms with Gasteiger partial charge in [0, 0.05) is 6.42 Å². The molecule has 2 rings (SSSR count). The highest BCUT2D eigenvalue weighted by Gasteiger charge is 2.51. The molecule has 0 radical (unpaired) electrons. The number of alkyl halides is 1. The third kappa shape index (κ3) is 2.48. The second kappa shape index (κ2) is 3.83. The highest BCUT2D eigenvalue weighted by Crippen LogP contribution is 2.48. The molecule has 17 heavy (non-hydrogen) atoms. The zero-order valence-electron chi connectivity index (χ0n) is 10.2. The van der Waals surface area contributed by atoms with Gasteiger partial charge in [-0.3, -0.25) is 4.79 Å². The smallest absolute Gasteiger partial charge is 0.314 e. The lowest BCUT2D eigenvalue weighted by atomic mass is 9.91. The molecular weight excluding hydrogens is 219 g/mol. The van der Waals surface area contributed by atoms with Crippen molar-refractivity contribution in [2.45, 2.75) is 44.2 Å². The van der Waals surface area contributed by atoms with Gasteiger partial charge in [-0.15, -0.1) is 0 Å². The minimum Gasteiger partial charge on any atom is -0.481 e. The molecule has 3 heteroatoms. The van der Waals surface area contributed by atoms with Gasteiger partial charge in [-0.25, -0.2) is 4.39 Å². The third-order valence-electron chi connectivity index (χ3n) is 3.26. The van der Waals surface area contributed by atoms with Crippen molar-refractivity contribution in [1.29, 1.82) is 0 Å². The average molecular weight is 236 g/mol. The molecule has 1 aromatic rings. The van der Waals surface area contributed by atoms with Crippen LogP contribution in [0.3, 0.4) is 0 Å². The number of carbonyl (C=O) groups is 1. The first-order chi connectivity index (χ1) is 7.83. The molecule has 1 saturated carbocycles. The van der Waals surface area contributed by atoms with Crippen LogP contribution in [0.4, 0.5) is 4.39 Å². The summed E-state index contributed by atoms with van der Waals surface area (Å²) in [7, 11) is 0. The van der Waals surface area contributed by atoms with Crippen molar-refractivity contribution in [3.05, 3.63) is 35.4 Å². The van der Waals surface area contributed by atoms with E-state index < -0.39 is 17.1 Å². The minimum absolute atomic E-state index is 0.316. The molecule has 0 aliphatic heterocycles. The van der Waals surface area contributed by atoms with Crippen LogP contribution in [0.1, 0.15) is 37.8 Å². The fraction of sp³-hybridized carbons (Fsp3) is 0.500. The van der Waals surface area contributed by atoms with Crippen LogP contribution < -0.4 is 0 Å². The Hall–Kier alpha value is -1.38. The Morgan fingerprint density at radius 2 is 2.12 bits per heavy atom. The Balaban J connectivity index is 2.27. The summed E-state index contributed by atoms with van der Waals surface area (Å²) in [6.07, 6.45) is 1.69. The molecule has 1 aromatic carbocycles. The van der Waals surface area contributed by atoms with Gasteiger partial charge >= 0.3 is 5.97 Å². The van der Waals surface area contributed by atoms with Crippen LogP contribution in [-0.2, 0) is 16.6 Å². The summed E-state index contributed by atoms with van der Waals surface area (Å²) in [5, 5.41) is 9.21. The van der Waals surface area contributed by atoms with Crippen molar-refractivity contribution >= 4 is 5.97 Å². The predicted octanol–water partition coefficient (Wildman–Crippen LogP) is 3.09. The zero-order valence-corrected chi connectivity index (χ0v) is 10.2. The van der Waals surface area contributed by atoms with Crippen LogP contribution in [0, 0.1) is 0 Å². The van der Waals surface area contributed by atoms with E-state index in [1.165, 1.54) is 13.8 Å². The van der Waals surface area contributed by atoms with Crippen LogP contribution in [0.25, 0.3) is 0 Å². The molecule has 1 aliphatic carbocycles. The number of hydrogen-bond acceptors (Lipinski definition) is 1. The summed E-state index contributed by atoms with van der Waals surface area (Å²) >= 11 is 0. The molecule has 0 amide bonds. The van der Waals surface area contributed by atoms with E-state index in [2.05, 4.69) is 0 Å². The Labute approximate surface area is 100 Å². The topological polar surface area (TPSA) is 37.3 Å². The molecule has 0 unspecified atom stereocenters. The molecule has 0 aromatic heterocycles. The van der Waals surface area contributed by atoms with Gasteiger partial charge in [0.05, 0.1) is 5.41 Å². The molecule has 1 N–H and O–H groups in total. The van der Waals surface area contributed by atoms with Gasteiger partial charge in [0.1, 0.15) is 5.67 Å².